The van der Waals surface area contributed by atoms with E-state index in [4.69, 9.17) is 14.7 Å². The lowest BCUT2D eigenvalue weighted by molar-refractivity contribution is -0.161. The van der Waals surface area contributed by atoms with Gasteiger partial charge in [-0.25, -0.2) is 9.97 Å². The van der Waals surface area contributed by atoms with Crippen molar-refractivity contribution in [1.82, 2.24) is 20.6 Å². The van der Waals surface area contributed by atoms with E-state index >= 15 is 0 Å². The van der Waals surface area contributed by atoms with Crippen molar-refractivity contribution in [2.75, 3.05) is 36.0 Å². The van der Waals surface area contributed by atoms with Gasteiger partial charge in [0.2, 0.25) is 0 Å². The Kier molecular flexibility index (Phi) is 11.8. The number of aromatic nitrogens is 2. The molecule has 11 aliphatic rings. The van der Waals surface area contributed by atoms with Crippen LogP contribution in [-0.4, -0.2) is 72.0 Å². The Morgan fingerprint density at radius 3 is 1.56 bits per heavy atom. The number of anilines is 2. The second-order valence-electron chi connectivity index (χ2n) is 22.6. The van der Waals surface area contributed by atoms with E-state index in [-0.39, 0.29) is 47.9 Å². The summed E-state index contributed by atoms with van der Waals surface area (Å²) in [5, 5.41) is 7.02. The lowest BCUT2D eigenvalue weighted by atomic mass is 9.54. The number of carbonyl (C=O) groups is 4. The number of hydrogen-bond donors (Lipinski definition) is 2. The molecule has 2 unspecified atom stereocenters. The van der Waals surface area contributed by atoms with Crippen LogP contribution in [0.2, 0.25) is 0 Å². The minimum atomic E-state index is -0.433. The van der Waals surface area contributed by atoms with Crippen molar-refractivity contribution >= 4 is 35.4 Å². The van der Waals surface area contributed by atoms with Crippen molar-refractivity contribution < 1.29 is 23.9 Å². The Hall–Kier alpha value is -4.02. The van der Waals surface area contributed by atoms with Gasteiger partial charge in [-0.15, -0.1) is 0 Å². The minimum absolute atomic E-state index is 0.0360. The van der Waals surface area contributed by atoms with Crippen LogP contribution < -0.4 is 20.4 Å². The number of piperidine rings is 2. The number of unbranched alkanes of at least 4 members (excludes halogenated alkanes) is 2. The van der Waals surface area contributed by atoms with Crippen LogP contribution in [0.1, 0.15) is 155 Å². The van der Waals surface area contributed by atoms with Crippen LogP contribution in [0.3, 0.4) is 0 Å². The predicted molar refractivity (Wildman–Crippen MR) is 246 cm³/mol. The second-order valence-corrected chi connectivity index (χ2v) is 22.6. The third-order valence-corrected chi connectivity index (χ3v) is 18.3. The zero-order chi connectivity index (χ0) is 43.6. The number of nitrogens with one attached hydrogen (secondary N) is 2. The molecule has 344 valence electrons. The number of amides is 2. The Morgan fingerprint density at radius 2 is 1.09 bits per heavy atom. The highest BCUT2D eigenvalue weighted by Crippen LogP contribution is 2.56. The standard InChI is InChI=1S/C53H72N6O5/c1-3-5-9-43-39(51(61)56-49-35-18-31-16-32(20-35)21-36(49)19-31)11-13-45(54-43)58-15-7-8-30(27-58)26-47(60)64-53(63)48-41-28-59(29-42(41)48)46-14-12-40(44(55-46)10-6-4-2)52(62)57-50-37-22-33-17-34(24-37)25-38(50)23-33/h11-14,30-38,41-42,48-50H,3-10,15-29H2,1-2H3,(H,56,61)(H,57,62)/t30-,31?,32?,33?,34?,35?,36?,37?,38?,41?,42?,48?,49?,50?/m0/s1. The van der Waals surface area contributed by atoms with Gasteiger partial charge < -0.3 is 25.2 Å². The number of carbonyl (C=O) groups excluding carboxylic acids is 4. The maximum absolute atomic E-state index is 13.9. The third kappa shape index (κ3) is 8.37. The first kappa shape index (κ1) is 42.6. The lowest BCUT2D eigenvalue weighted by Gasteiger charge is -2.54. The van der Waals surface area contributed by atoms with Crippen LogP contribution in [0.15, 0.2) is 24.3 Å². The Morgan fingerprint density at radius 1 is 0.625 bits per heavy atom. The van der Waals surface area contributed by atoms with Gasteiger partial charge in [0.1, 0.15) is 11.6 Å². The summed E-state index contributed by atoms with van der Waals surface area (Å²) in [4.78, 5) is 69.1. The highest BCUT2D eigenvalue weighted by atomic mass is 16.6. The molecule has 2 aliphatic heterocycles. The molecule has 64 heavy (non-hydrogen) atoms. The lowest BCUT2D eigenvalue weighted by Crippen LogP contribution is -2.55. The van der Waals surface area contributed by atoms with Gasteiger partial charge in [-0.3, -0.25) is 19.2 Å². The number of fused-ring (bicyclic) bond motifs is 1. The molecule has 4 heterocycles. The molecule has 0 aromatic carbocycles. The maximum Gasteiger partial charge on any atom is 0.317 e. The molecule has 11 nitrogen and oxygen atoms in total. The molecule has 9 aliphatic carbocycles. The van der Waals surface area contributed by atoms with E-state index in [9.17, 15) is 19.2 Å². The quantitative estimate of drug-likeness (QED) is 0.134. The van der Waals surface area contributed by atoms with Crippen LogP contribution in [0.25, 0.3) is 0 Å². The van der Waals surface area contributed by atoms with Gasteiger partial charge in [0.05, 0.1) is 34.9 Å². The molecule has 2 aromatic heterocycles. The molecule has 0 spiro atoms. The van der Waals surface area contributed by atoms with E-state index in [2.05, 4.69) is 34.3 Å². The molecule has 2 N–H and O–H groups in total. The van der Waals surface area contributed by atoms with Gasteiger partial charge in [0, 0.05) is 38.3 Å². The molecule has 11 fully saturated rings. The van der Waals surface area contributed by atoms with Crippen molar-refractivity contribution in [1.29, 1.82) is 0 Å². The number of aryl methyl sites for hydroxylation is 2. The topological polar surface area (TPSA) is 134 Å². The largest absolute Gasteiger partial charge is 0.393 e. The molecule has 2 aromatic rings. The first-order valence-electron chi connectivity index (χ1n) is 26.0. The second kappa shape index (κ2) is 17.7. The number of ether oxygens (including phenoxy) is 1. The summed E-state index contributed by atoms with van der Waals surface area (Å²) < 4.78 is 5.57. The zero-order valence-electron chi connectivity index (χ0n) is 38.5. The van der Waals surface area contributed by atoms with Gasteiger partial charge in [0.15, 0.2) is 0 Å². The molecule has 8 bridgehead atoms. The smallest absolute Gasteiger partial charge is 0.317 e. The van der Waals surface area contributed by atoms with Crippen molar-refractivity contribution in [3.05, 3.63) is 46.8 Å². The van der Waals surface area contributed by atoms with Crippen molar-refractivity contribution in [2.45, 2.75) is 148 Å². The summed E-state index contributed by atoms with van der Waals surface area (Å²) >= 11 is 0. The van der Waals surface area contributed by atoms with E-state index in [0.29, 0.717) is 66.5 Å². The SMILES string of the molecule is CCCCc1nc(N2CC3C(C2)C3C(=O)OC(=O)C[C@@H]2CCCN(c3ccc(C(=O)NC4C5CC6CC(C5)CC4C6)c(CCCC)n3)C2)ccc1C(=O)NC1C2CC3CC(C2)CC1C3. The van der Waals surface area contributed by atoms with Crippen molar-refractivity contribution in [2.24, 2.45) is 71.0 Å². The van der Waals surface area contributed by atoms with Gasteiger partial charge >= 0.3 is 11.9 Å². The first-order valence-corrected chi connectivity index (χ1v) is 26.0. The summed E-state index contributed by atoms with van der Waals surface area (Å²) in [6.07, 6.45) is 20.6. The highest BCUT2D eigenvalue weighted by molar-refractivity contribution is 5.96. The van der Waals surface area contributed by atoms with E-state index in [0.717, 1.165) is 105 Å². The Bertz CT molecular complexity index is 2050. The normalized spacial score (nSPS) is 36.2. The fraction of sp³-hybridized carbons (Fsp3) is 0.736. The van der Waals surface area contributed by atoms with E-state index in [1.165, 1.54) is 64.2 Å². The molecular formula is C53H72N6O5. The number of esters is 2. The molecule has 0 radical (unpaired) electrons. The van der Waals surface area contributed by atoms with Gasteiger partial charge in [-0.2, -0.15) is 0 Å². The monoisotopic (exact) mass is 873 g/mol. The number of pyridine rings is 2. The first-order chi connectivity index (χ1) is 31.2. The Labute approximate surface area is 380 Å². The molecule has 2 saturated heterocycles. The van der Waals surface area contributed by atoms with Crippen LogP contribution in [0, 0.1) is 71.0 Å². The highest BCUT2D eigenvalue weighted by Gasteiger charge is 2.61. The fourth-order valence-electron chi connectivity index (χ4n) is 15.6. The number of hydrogen-bond acceptors (Lipinski definition) is 9. The van der Waals surface area contributed by atoms with Crippen molar-refractivity contribution in [3.8, 4) is 0 Å². The number of rotatable bonds is 15. The molecule has 9 saturated carbocycles. The summed E-state index contributed by atoms with van der Waals surface area (Å²) in [6, 6.07) is 8.55. The summed E-state index contributed by atoms with van der Waals surface area (Å²) in [5.74, 6) is 7.09. The number of nitrogens with zero attached hydrogens (tertiary/aromatic N) is 4. The maximum atomic E-state index is 13.9. The van der Waals surface area contributed by atoms with E-state index < -0.39 is 5.97 Å². The molecule has 13 rings (SSSR count). The predicted octanol–water partition coefficient (Wildman–Crippen LogP) is 8.33. The van der Waals surface area contributed by atoms with E-state index in [1.807, 2.05) is 24.3 Å². The zero-order valence-corrected chi connectivity index (χ0v) is 38.5. The third-order valence-electron chi connectivity index (χ3n) is 18.3. The minimum Gasteiger partial charge on any atom is -0.393 e. The van der Waals surface area contributed by atoms with Gasteiger partial charge in [-0.1, -0.05) is 26.7 Å². The summed E-state index contributed by atoms with van der Waals surface area (Å²) in [6.45, 7) is 7.26. The Balaban J connectivity index is 0.669. The average Bonchev–Trinajstić information content (AvgIpc) is 3.79. The van der Waals surface area contributed by atoms with Crippen LogP contribution in [-0.2, 0) is 27.2 Å². The average molecular weight is 873 g/mol. The molecule has 2 amide bonds. The fourth-order valence-corrected chi connectivity index (χ4v) is 15.6. The van der Waals surface area contributed by atoms with Gasteiger partial charge in [0.25, 0.3) is 11.8 Å². The molecule has 11 heteroatoms. The van der Waals surface area contributed by atoms with Crippen LogP contribution in [0.5, 0.6) is 0 Å². The van der Waals surface area contributed by atoms with E-state index in [1.54, 1.807) is 0 Å². The molecule has 3 atom stereocenters. The summed E-state index contributed by atoms with van der Waals surface area (Å²) in [7, 11) is 0. The van der Waals surface area contributed by atoms with Crippen LogP contribution in [0.4, 0.5) is 11.6 Å². The molecular weight excluding hydrogens is 801 g/mol. The van der Waals surface area contributed by atoms with Crippen LogP contribution >= 0.6 is 0 Å². The summed E-state index contributed by atoms with van der Waals surface area (Å²) in [5.41, 5.74) is 3.19. The van der Waals surface area contributed by atoms with Gasteiger partial charge in [-0.05, 0) is 192 Å². The van der Waals surface area contributed by atoms with Crippen molar-refractivity contribution in [3.63, 3.8) is 0 Å².